The fourth-order valence-electron chi connectivity index (χ4n) is 3.08. The van der Waals surface area contributed by atoms with Gasteiger partial charge < -0.3 is 18.9 Å². The molecule has 0 aliphatic heterocycles. The van der Waals surface area contributed by atoms with E-state index in [1.807, 2.05) is 55.8 Å². The molecule has 2 aromatic carbocycles. The molecule has 182 valence electrons. The average molecular weight is 505 g/mol. The molecule has 0 aliphatic rings. The first-order chi connectivity index (χ1) is 16.3. The summed E-state index contributed by atoms with van der Waals surface area (Å²) in [5.74, 6) is 3.91. The van der Waals surface area contributed by atoms with Gasteiger partial charge in [-0.25, -0.2) is 4.68 Å². The molecule has 3 aromatic rings. The van der Waals surface area contributed by atoms with Gasteiger partial charge in [-0.05, 0) is 76.6 Å². The van der Waals surface area contributed by atoms with Gasteiger partial charge in [0, 0.05) is 11.6 Å². The first kappa shape index (κ1) is 25.8. The maximum absolute atomic E-state index is 6.15. The van der Waals surface area contributed by atoms with Gasteiger partial charge in [0.05, 0.1) is 18.3 Å². The molecule has 1 aromatic heterocycles. The van der Waals surface area contributed by atoms with Crippen molar-refractivity contribution in [3.05, 3.63) is 64.3 Å². The van der Waals surface area contributed by atoms with Gasteiger partial charge in [0.15, 0.2) is 11.5 Å². The summed E-state index contributed by atoms with van der Waals surface area (Å²) in [4.78, 5) is 0. The summed E-state index contributed by atoms with van der Waals surface area (Å²) in [6.07, 6.45) is 2.44. The van der Waals surface area contributed by atoms with Crippen LogP contribution in [0.1, 0.15) is 44.5 Å². The minimum absolute atomic E-state index is 0.161. The maximum atomic E-state index is 6.15. The fourth-order valence-corrected chi connectivity index (χ4v) is 3.21. The van der Waals surface area contributed by atoms with E-state index in [0.29, 0.717) is 35.4 Å². The number of aromatic nitrogens is 2. The van der Waals surface area contributed by atoms with Crippen molar-refractivity contribution in [3.8, 4) is 34.6 Å². The van der Waals surface area contributed by atoms with Crippen LogP contribution in [0.5, 0.6) is 34.6 Å². The third kappa shape index (κ3) is 6.84. The molecule has 0 saturated carbocycles. The third-order valence-corrected chi connectivity index (χ3v) is 5.26. The standard InChI is InChI=1S/C26H30Cl2N2O4/c1-6-14-32-24-16-22(31-15-13-25(27)28)11-12-23(24)33-20-7-9-21(10-8-20)34-26-18(4)19(5)29-30(26)17(2)3/h7-13,16-17H,6,14-15H2,1-5H3. The average Bonchev–Trinajstić information content (AvgIpc) is 3.08. The Kier molecular flexibility index (Phi) is 9.13. The highest BCUT2D eigenvalue weighted by molar-refractivity contribution is 6.55. The fraction of sp³-hybridized carbons (Fsp3) is 0.346. The van der Waals surface area contributed by atoms with Gasteiger partial charge >= 0.3 is 0 Å². The van der Waals surface area contributed by atoms with E-state index in [0.717, 1.165) is 23.6 Å². The van der Waals surface area contributed by atoms with Crippen LogP contribution in [0.4, 0.5) is 0 Å². The Balaban J connectivity index is 1.75. The van der Waals surface area contributed by atoms with Gasteiger partial charge in [-0.1, -0.05) is 30.1 Å². The predicted octanol–water partition coefficient (Wildman–Crippen LogP) is 8.15. The zero-order valence-corrected chi connectivity index (χ0v) is 21.6. The second kappa shape index (κ2) is 12.0. The van der Waals surface area contributed by atoms with Crippen LogP contribution < -0.4 is 18.9 Å². The molecular formula is C26H30Cl2N2O4. The van der Waals surface area contributed by atoms with Crippen LogP contribution in [0.2, 0.25) is 0 Å². The van der Waals surface area contributed by atoms with Gasteiger partial charge in [-0.3, -0.25) is 0 Å². The van der Waals surface area contributed by atoms with Crippen LogP contribution in [0.25, 0.3) is 0 Å². The molecule has 3 rings (SSSR count). The largest absolute Gasteiger partial charge is 0.490 e. The van der Waals surface area contributed by atoms with Crippen LogP contribution in [-0.4, -0.2) is 23.0 Å². The predicted molar refractivity (Wildman–Crippen MR) is 136 cm³/mol. The number of ether oxygens (including phenoxy) is 4. The summed E-state index contributed by atoms with van der Waals surface area (Å²) in [6.45, 7) is 11.0. The highest BCUT2D eigenvalue weighted by Crippen LogP contribution is 2.36. The number of hydrogen-bond donors (Lipinski definition) is 0. The van der Waals surface area contributed by atoms with Crippen molar-refractivity contribution in [2.24, 2.45) is 0 Å². The van der Waals surface area contributed by atoms with Crippen molar-refractivity contribution in [1.82, 2.24) is 9.78 Å². The second-order valence-electron chi connectivity index (χ2n) is 7.99. The quantitative estimate of drug-likeness (QED) is 0.263. The number of halogens is 2. The molecule has 0 unspecified atom stereocenters. The van der Waals surface area contributed by atoms with Crippen LogP contribution in [0, 0.1) is 13.8 Å². The number of aryl methyl sites for hydroxylation is 1. The minimum Gasteiger partial charge on any atom is -0.490 e. The Labute approximate surface area is 211 Å². The highest BCUT2D eigenvalue weighted by Gasteiger charge is 2.16. The summed E-state index contributed by atoms with van der Waals surface area (Å²) >= 11 is 11.3. The van der Waals surface area contributed by atoms with Crippen LogP contribution >= 0.6 is 23.2 Å². The van der Waals surface area contributed by atoms with Crippen molar-refractivity contribution in [2.45, 2.75) is 47.1 Å². The summed E-state index contributed by atoms with van der Waals surface area (Å²) in [5, 5.41) is 4.57. The molecule has 0 amide bonds. The first-order valence-corrected chi connectivity index (χ1v) is 12.0. The molecule has 0 radical (unpaired) electrons. The van der Waals surface area contributed by atoms with Crippen LogP contribution in [0.3, 0.4) is 0 Å². The molecule has 0 spiro atoms. The Hall–Kier alpha value is -2.83. The first-order valence-electron chi connectivity index (χ1n) is 11.2. The lowest BCUT2D eigenvalue weighted by atomic mass is 10.2. The van der Waals surface area contributed by atoms with E-state index in [4.69, 9.17) is 42.1 Å². The van der Waals surface area contributed by atoms with Gasteiger partial charge in [0.25, 0.3) is 0 Å². The summed E-state index contributed by atoms with van der Waals surface area (Å²) in [5.41, 5.74) is 1.98. The molecule has 8 heteroatoms. The lowest BCUT2D eigenvalue weighted by molar-refractivity contribution is 0.297. The zero-order chi connectivity index (χ0) is 24.7. The maximum Gasteiger partial charge on any atom is 0.221 e. The number of benzene rings is 2. The van der Waals surface area contributed by atoms with E-state index < -0.39 is 0 Å². The molecule has 34 heavy (non-hydrogen) atoms. The Morgan fingerprint density at radius 2 is 1.59 bits per heavy atom. The molecule has 0 atom stereocenters. The smallest absolute Gasteiger partial charge is 0.221 e. The molecule has 0 bridgehead atoms. The number of nitrogens with zero attached hydrogens (tertiary/aromatic N) is 2. The van der Waals surface area contributed by atoms with Gasteiger partial charge in [-0.15, -0.1) is 0 Å². The van der Waals surface area contributed by atoms with E-state index in [1.165, 1.54) is 0 Å². The lowest BCUT2D eigenvalue weighted by Gasteiger charge is -2.15. The van der Waals surface area contributed by atoms with E-state index in [1.54, 1.807) is 18.2 Å². The summed E-state index contributed by atoms with van der Waals surface area (Å²) in [6, 6.07) is 13.0. The zero-order valence-electron chi connectivity index (χ0n) is 20.1. The molecule has 6 nitrogen and oxygen atoms in total. The molecule has 0 aliphatic carbocycles. The summed E-state index contributed by atoms with van der Waals surface area (Å²) < 4.78 is 25.8. The van der Waals surface area contributed by atoms with Crippen LogP contribution in [0.15, 0.2) is 53.0 Å². The SMILES string of the molecule is CCCOc1cc(OCC=C(Cl)Cl)ccc1Oc1ccc(Oc2c(C)c(C)nn2C(C)C)cc1. The Bertz CT molecular complexity index is 1120. The normalized spacial score (nSPS) is 10.8. The van der Waals surface area contributed by atoms with E-state index >= 15 is 0 Å². The summed E-state index contributed by atoms with van der Waals surface area (Å²) in [7, 11) is 0. The molecule has 0 saturated heterocycles. The van der Waals surface area contributed by atoms with E-state index in [-0.39, 0.29) is 17.1 Å². The second-order valence-corrected chi connectivity index (χ2v) is 9.00. The minimum atomic E-state index is 0.161. The van der Waals surface area contributed by atoms with Crippen molar-refractivity contribution >= 4 is 23.2 Å². The highest BCUT2D eigenvalue weighted by atomic mass is 35.5. The molecule has 0 N–H and O–H groups in total. The van der Waals surface area contributed by atoms with Crippen molar-refractivity contribution in [2.75, 3.05) is 13.2 Å². The number of rotatable bonds is 11. The third-order valence-electron chi connectivity index (χ3n) is 4.95. The molecule has 0 fully saturated rings. The topological polar surface area (TPSA) is 54.7 Å². The molecular weight excluding hydrogens is 475 g/mol. The molecule has 1 heterocycles. The van der Waals surface area contributed by atoms with Crippen LogP contribution in [-0.2, 0) is 0 Å². The Morgan fingerprint density at radius 1 is 0.941 bits per heavy atom. The lowest BCUT2D eigenvalue weighted by Crippen LogP contribution is -2.05. The van der Waals surface area contributed by atoms with E-state index in [2.05, 4.69) is 18.9 Å². The van der Waals surface area contributed by atoms with Crippen molar-refractivity contribution in [1.29, 1.82) is 0 Å². The van der Waals surface area contributed by atoms with E-state index in [9.17, 15) is 0 Å². The van der Waals surface area contributed by atoms with Gasteiger partial charge in [0.2, 0.25) is 5.88 Å². The Morgan fingerprint density at radius 3 is 2.21 bits per heavy atom. The monoisotopic (exact) mass is 504 g/mol. The van der Waals surface area contributed by atoms with Crippen molar-refractivity contribution < 1.29 is 18.9 Å². The number of hydrogen-bond acceptors (Lipinski definition) is 5. The van der Waals surface area contributed by atoms with Gasteiger partial charge in [-0.2, -0.15) is 5.10 Å². The van der Waals surface area contributed by atoms with Crippen molar-refractivity contribution in [3.63, 3.8) is 0 Å². The van der Waals surface area contributed by atoms with Gasteiger partial charge in [0.1, 0.15) is 28.3 Å².